The molecule has 1 N–H and O–H groups in total. The highest BCUT2D eigenvalue weighted by atomic mass is 16.5. The molecule has 0 heterocycles. The van der Waals surface area contributed by atoms with Gasteiger partial charge >= 0.3 is 11.9 Å². The normalized spacial score (nSPS) is 8.18. The van der Waals surface area contributed by atoms with Crippen molar-refractivity contribution in [1.82, 2.24) is 0 Å². The molecule has 0 spiro atoms. The largest absolute Gasteiger partial charge is 0.478 e. The third kappa shape index (κ3) is 13.4. The van der Waals surface area contributed by atoms with Gasteiger partial charge in [0.1, 0.15) is 6.61 Å². The van der Waals surface area contributed by atoms with Crippen LogP contribution in [0.3, 0.4) is 0 Å². The standard InChI is InChI=1S/C6H5NO2.C6H8O2/c1-5(6(8)9)3-2-4-7;1-3-5-8-6(7)4-2/h2-3H,1H2,(H,8,9);3-4H,1-2,5H2. The summed E-state index contributed by atoms with van der Waals surface area (Å²) in [5.41, 5.74) is -0.0865. The van der Waals surface area contributed by atoms with Crippen LogP contribution in [0.15, 0.2) is 49.6 Å². The molecule has 0 aliphatic rings. The lowest BCUT2D eigenvalue weighted by molar-refractivity contribution is -0.136. The number of nitrogens with zero attached hydrogens (tertiary/aromatic N) is 1. The Labute approximate surface area is 99.6 Å². The Morgan fingerprint density at radius 1 is 1.41 bits per heavy atom. The molecule has 0 aromatic carbocycles. The van der Waals surface area contributed by atoms with Crippen molar-refractivity contribution in [3.05, 3.63) is 49.6 Å². The summed E-state index contributed by atoms with van der Waals surface area (Å²) in [4.78, 5) is 20.1. The number of allylic oxidation sites excluding steroid dienone is 1. The maximum atomic E-state index is 10.2. The van der Waals surface area contributed by atoms with E-state index in [9.17, 15) is 9.59 Å². The van der Waals surface area contributed by atoms with Crippen LogP contribution in [0, 0.1) is 11.3 Å². The zero-order valence-electron chi connectivity index (χ0n) is 9.26. The zero-order chi connectivity index (χ0) is 13.7. The molecule has 0 saturated carbocycles. The number of esters is 1. The van der Waals surface area contributed by atoms with E-state index in [-0.39, 0.29) is 12.2 Å². The third-order valence-electron chi connectivity index (χ3n) is 1.14. The minimum absolute atomic E-state index is 0.0865. The van der Waals surface area contributed by atoms with Crippen molar-refractivity contribution < 1.29 is 19.4 Å². The minimum atomic E-state index is -1.11. The monoisotopic (exact) mass is 235 g/mol. The van der Waals surface area contributed by atoms with Crippen molar-refractivity contribution in [2.24, 2.45) is 0 Å². The maximum absolute atomic E-state index is 10.2. The van der Waals surface area contributed by atoms with E-state index in [4.69, 9.17) is 10.4 Å². The Morgan fingerprint density at radius 3 is 2.35 bits per heavy atom. The first-order valence-corrected chi connectivity index (χ1v) is 4.38. The molecule has 0 fully saturated rings. The Hall–Kier alpha value is -2.61. The molecule has 0 saturated heterocycles. The molecule has 0 bridgehead atoms. The average molecular weight is 235 g/mol. The summed E-state index contributed by atoms with van der Waals surface area (Å²) in [6.45, 7) is 9.97. The van der Waals surface area contributed by atoms with Crippen LogP contribution in [0.1, 0.15) is 0 Å². The number of carbonyl (C=O) groups is 2. The highest BCUT2D eigenvalue weighted by Gasteiger charge is 1.95. The van der Waals surface area contributed by atoms with Gasteiger partial charge in [-0.1, -0.05) is 25.8 Å². The van der Waals surface area contributed by atoms with Crippen molar-refractivity contribution in [2.75, 3.05) is 6.61 Å². The molecule has 0 aromatic rings. The van der Waals surface area contributed by atoms with Crippen molar-refractivity contribution in [1.29, 1.82) is 5.26 Å². The van der Waals surface area contributed by atoms with E-state index in [1.54, 1.807) is 6.07 Å². The van der Waals surface area contributed by atoms with Gasteiger partial charge in [-0.2, -0.15) is 5.26 Å². The summed E-state index contributed by atoms with van der Waals surface area (Å²) in [6, 6.07) is 1.65. The van der Waals surface area contributed by atoms with Gasteiger partial charge in [0.05, 0.1) is 11.6 Å². The number of carboxylic acid groups (broad SMARTS) is 1. The fourth-order valence-electron chi connectivity index (χ4n) is 0.409. The zero-order valence-corrected chi connectivity index (χ0v) is 9.26. The molecule has 5 heteroatoms. The number of ether oxygens (including phenoxy) is 1. The Kier molecular flexibility index (Phi) is 11.3. The number of hydrogen-bond acceptors (Lipinski definition) is 4. The van der Waals surface area contributed by atoms with E-state index >= 15 is 0 Å². The van der Waals surface area contributed by atoms with Gasteiger partial charge < -0.3 is 9.84 Å². The van der Waals surface area contributed by atoms with Crippen LogP contribution in [0.5, 0.6) is 0 Å². The second-order valence-corrected chi connectivity index (χ2v) is 2.42. The molecular formula is C12H13NO4. The first kappa shape index (κ1) is 16.8. The Balaban J connectivity index is 0. The van der Waals surface area contributed by atoms with E-state index in [1.807, 2.05) is 0 Å². The van der Waals surface area contributed by atoms with Gasteiger partial charge in [0.2, 0.25) is 0 Å². The van der Waals surface area contributed by atoms with Crippen LogP contribution < -0.4 is 0 Å². The lowest BCUT2D eigenvalue weighted by Gasteiger charge is -1.92. The second kappa shape index (κ2) is 11.5. The maximum Gasteiger partial charge on any atom is 0.335 e. The van der Waals surface area contributed by atoms with E-state index in [2.05, 4.69) is 24.5 Å². The predicted octanol–water partition coefficient (Wildman–Crippen LogP) is 1.61. The van der Waals surface area contributed by atoms with E-state index in [1.165, 1.54) is 6.08 Å². The van der Waals surface area contributed by atoms with E-state index < -0.39 is 11.9 Å². The van der Waals surface area contributed by atoms with Gasteiger partial charge in [0, 0.05) is 12.2 Å². The fraction of sp³-hybridized carbons (Fsp3) is 0.0833. The molecule has 0 aromatic heterocycles. The van der Waals surface area contributed by atoms with Crippen molar-refractivity contribution in [3.63, 3.8) is 0 Å². The number of carbonyl (C=O) groups excluding carboxylic acids is 1. The van der Waals surface area contributed by atoms with Crippen LogP contribution >= 0.6 is 0 Å². The van der Waals surface area contributed by atoms with Gasteiger partial charge in [0.15, 0.2) is 0 Å². The lowest BCUT2D eigenvalue weighted by atomic mass is 10.3. The number of rotatable bonds is 5. The summed E-state index contributed by atoms with van der Waals surface area (Å²) in [5, 5.41) is 16.1. The average Bonchev–Trinajstić information content (AvgIpc) is 2.33. The van der Waals surface area contributed by atoms with E-state index in [0.29, 0.717) is 0 Å². The van der Waals surface area contributed by atoms with Crippen molar-refractivity contribution in [2.45, 2.75) is 0 Å². The topological polar surface area (TPSA) is 87.4 Å². The van der Waals surface area contributed by atoms with Crippen LogP contribution in [0.4, 0.5) is 0 Å². The molecule has 17 heavy (non-hydrogen) atoms. The van der Waals surface area contributed by atoms with Crippen molar-refractivity contribution >= 4 is 11.9 Å². The fourth-order valence-corrected chi connectivity index (χ4v) is 0.409. The van der Waals surface area contributed by atoms with Gasteiger partial charge in [0.25, 0.3) is 0 Å². The quantitative estimate of drug-likeness (QED) is 0.257. The molecular weight excluding hydrogens is 222 g/mol. The SMILES string of the molecule is C=C(C=CC#N)C(=O)O.C=CCOC(=O)C=C. The Bertz CT molecular complexity index is 374. The first-order valence-electron chi connectivity index (χ1n) is 4.38. The highest BCUT2D eigenvalue weighted by Crippen LogP contribution is 1.90. The molecule has 0 atom stereocenters. The molecule has 5 nitrogen and oxygen atoms in total. The van der Waals surface area contributed by atoms with Gasteiger partial charge in [-0.3, -0.25) is 0 Å². The van der Waals surface area contributed by atoms with E-state index in [0.717, 1.165) is 18.2 Å². The molecule has 90 valence electrons. The van der Waals surface area contributed by atoms with Crippen LogP contribution in [-0.2, 0) is 14.3 Å². The van der Waals surface area contributed by atoms with Gasteiger partial charge in [-0.25, -0.2) is 9.59 Å². The molecule has 0 amide bonds. The predicted molar refractivity (Wildman–Crippen MR) is 62.9 cm³/mol. The summed E-state index contributed by atoms with van der Waals surface area (Å²) < 4.78 is 4.47. The van der Waals surface area contributed by atoms with Crippen molar-refractivity contribution in [3.8, 4) is 6.07 Å². The Morgan fingerprint density at radius 2 is 2.00 bits per heavy atom. The lowest BCUT2D eigenvalue weighted by Crippen LogP contribution is -1.98. The summed E-state index contributed by atoms with van der Waals surface area (Å²) >= 11 is 0. The molecule has 0 unspecified atom stereocenters. The molecule has 0 radical (unpaired) electrons. The number of hydrogen-bond donors (Lipinski definition) is 1. The number of aliphatic carboxylic acids is 1. The molecule has 0 aliphatic heterocycles. The van der Waals surface area contributed by atoms with Gasteiger partial charge in [-0.05, 0) is 6.08 Å². The second-order valence-electron chi connectivity index (χ2n) is 2.42. The smallest absolute Gasteiger partial charge is 0.335 e. The first-order chi connectivity index (χ1) is 7.99. The minimum Gasteiger partial charge on any atom is -0.478 e. The van der Waals surface area contributed by atoms with Gasteiger partial charge in [-0.15, -0.1) is 0 Å². The molecule has 0 aliphatic carbocycles. The van der Waals surface area contributed by atoms with Crippen LogP contribution in [0.25, 0.3) is 0 Å². The summed E-state index contributed by atoms with van der Waals surface area (Å²) in [7, 11) is 0. The highest BCUT2D eigenvalue weighted by molar-refractivity contribution is 5.89. The molecule has 0 rings (SSSR count). The summed E-state index contributed by atoms with van der Waals surface area (Å²) in [6.07, 6.45) is 4.82. The number of nitriles is 1. The number of carboxylic acids is 1. The van der Waals surface area contributed by atoms with Crippen LogP contribution in [-0.4, -0.2) is 23.7 Å². The summed E-state index contributed by atoms with van der Waals surface area (Å²) in [5.74, 6) is -1.52. The third-order valence-corrected chi connectivity index (χ3v) is 1.14. The van der Waals surface area contributed by atoms with Crippen LogP contribution in [0.2, 0.25) is 0 Å².